The molecule has 4 nitrogen and oxygen atoms in total. The highest BCUT2D eigenvalue weighted by Gasteiger charge is 2.37. The van der Waals surface area contributed by atoms with Crippen LogP contribution in [-0.4, -0.2) is 16.7 Å². The van der Waals surface area contributed by atoms with Crippen LogP contribution in [0.15, 0.2) is 17.5 Å². The summed E-state index contributed by atoms with van der Waals surface area (Å²) in [4.78, 5) is 30.2. The zero-order valence-electron chi connectivity index (χ0n) is 11.6. The highest BCUT2D eigenvalue weighted by molar-refractivity contribution is 7.09. The molecular formula is C15H14N2O2S. The van der Waals surface area contributed by atoms with Gasteiger partial charge in [0.15, 0.2) is 0 Å². The molecule has 0 saturated carbocycles. The molecule has 1 aromatic carbocycles. The van der Waals surface area contributed by atoms with Crippen molar-refractivity contribution >= 4 is 28.7 Å². The molecule has 0 bridgehead atoms. The number of hydrogen-bond donors (Lipinski definition) is 0. The number of hydrogen-bond acceptors (Lipinski definition) is 4. The third-order valence-electron chi connectivity index (χ3n) is 3.40. The monoisotopic (exact) mass is 286 g/mol. The van der Waals surface area contributed by atoms with Crippen LogP contribution in [-0.2, 0) is 11.3 Å². The van der Waals surface area contributed by atoms with Crippen LogP contribution in [0.4, 0.5) is 5.69 Å². The second-order valence-electron chi connectivity index (χ2n) is 5.05. The Balaban J connectivity index is 2.06. The van der Waals surface area contributed by atoms with E-state index in [2.05, 4.69) is 4.98 Å². The van der Waals surface area contributed by atoms with Gasteiger partial charge in [0.05, 0.1) is 28.5 Å². The van der Waals surface area contributed by atoms with Gasteiger partial charge in [0.25, 0.3) is 11.7 Å². The summed E-state index contributed by atoms with van der Waals surface area (Å²) in [6, 6.07) is 3.82. The highest BCUT2D eigenvalue weighted by atomic mass is 32.1. The number of amides is 1. The van der Waals surface area contributed by atoms with Gasteiger partial charge in [-0.25, -0.2) is 4.98 Å². The summed E-state index contributed by atoms with van der Waals surface area (Å²) >= 11 is 1.54. The molecule has 5 heteroatoms. The van der Waals surface area contributed by atoms with Crippen LogP contribution in [0.25, 0.3) is 0 Å². The van der Waals surface area contributed by atoms with E-state index in [9.17, 15) is 9.59 Å². The van der Waals surface area contributed by atoms with Gasteiger partial charge in [0, 0.05) is 5.38 Å². The van der Waals surface area contributed by atoms with E-state index in [0.717, 1.165) is 21.8 Å². The molecular weight excluding hydrogens is 272 g/mol. The minimum absolute atomic E-state index is 0.352. The molecule has 0 fully saturated rings. The van der Waals surface area contributed by atoms with Crippen molar-refractivity contribution in [2.24, 2.45) is 0 Å². The molecule has 1 aliphatic rings. The van der Waals surface area contributed by atoms with Crippen molar-refractivity contribution in [1.82, 2.24) is 4.98 Å². The second-order valence-corrected chi connectivity index (χ2v) is 6.12. The number of ketones is 1. The molecule has 0 aliphatic carbocycles. The summed E-state index contributed by atoms with van der Waals surface area (Å²) in [5, 5.41) is 2.88. The van der Waals surface area contributed by atoms with Crippen molar-refractivity contribution in [1.29, 1.82) is 0 Å². The van der Waals surface area contributed by atoms with Gasteiger partial charge in [0.1, 0.15) is 0 Å². The Hall–Kier alpha value is -2.01. The maximum Gasteiger partial charge on any atom is 0.299 e. The third kappa shape index (κ3) is 1.94. The summed E-state index contributed by atoms with van der Waals surface area (Å²) in [5.74, 6) is -0.871. The fourth-order valence-electron chi connectivity index (χ4n) is 2.59. The van der Waals surface area contributed by atoms with Gasteiger partial charge in [-0.3, -0.25) is 14.5 Å². The molecule has 2 aromatic rings. The van der Waals surface area contributed by atoms with Crippen molar-refractivity contribution < 1.29 is 9.59 Å². The number of anilines is 1. The Morgan fingerprint density at radius 1 is 1.20 bits per heavy atom. The average molecular weight is 286 g/mol. The van der Waals surface area contributed by atoms with E-state index in [0.29, 0.717) is 17.8 Å². The molecule has 0 unspecified atom stereocenters. The molecule has 1 aromatic heterocycles. The first-order valence-corrected chi connectivity index (χ1v) is 7.24. The average Bonchev–Trinajstić information content (AvgIpc) is 2.87. The van der Waals surface area contributed by atoms with Crippen molar-refractivity contribution in [2.45, 2.75) is 27.3 Å². The predicted octanol–water partition coefficient (Wildman–Crippen LogP) is 2.80. The Morgan fingerprint density at radius 3 is 2.60 bits per heavy atom. The molecule has 0 spiro atoms. The molecule has 1 amide bonds. The summed E-state index contributed by atoms with van der Waals surface area (Å²) in [7, 11) is 0. The lowest BCUT2D eigenvalue weighted by Crippen LogP contribution is -2.29. The normalized spacial score (nSPS) is 14.1. The van der Waals surface area contributed by atoms with Crippen molar-refractivity contribution in [2.75, 3.05) is 4.90 Å². The van der Waals surface area contributed by atoms with E-state index < -0.39 is 11.7 Å². The number of nitrogens with zero attached hydrogens (tertiary/aromatic N) is 2. The summed E-state index contributed by atoms with van der Waals surface area (Å²) in [6.07, 6.45) is 0. The molecule has 20 heavy (non-hydrogen) atoms. The van der Waals surface area contributed by atoms with Crippen LogP contribution < -0.4 is 4.90 Å². The third-order valence-corrected chi connectivity index (χ3v) is 4.23. The minimum Gasteiger partial charge on any atom is -0.299 e. The maximum absolute atomic E-state index is 12.2. The Kier molecular flexibility index (Phi) is 2.94. The topological polar surface area (TPSA) is 50.3 Å². The van der Waals surface area contributed by atoms with Crippen molar-refractivity contribution in [3.8, 4) is 0 Å². The van der Waals surface area contributed by atoms with Crippen molar-refractivity contribution in [3.05, 3.63) is 44.9 Å². The Labute approximate surface area is 121 Å². The van der Waals surface area contributed by atoms with E-state index in [1.807, 2.05) is 38.3 Å². The lowest BCUT2D eigenvalue weighted by Gasteiger charge is -2.16. The zero-order valence-corrected chi connectivity index (χ0v) is 12.4. The molecule has 0 saturated heterocycles. The van der Waals surface area contributed by atoms with Crippen LogP contribution in [0, 0.1) is 20.8 Å². The first-order valence-electron chi connectivity index (χ1n) is 6.36. The lowest BCUT2D eigenvalue weighted by molar-refractivity contribution is -0.114. The standard InChI is InChI=1S/C15H14N2O2S/c1-8-4-9(2)13-12(5-8)17(15(19)14(13)18)6-11-7-20-10(3)16-11/h4-5,7H,6H2,1-3H3. The summed E-state index contributed by atoms with van der Waals surface area (Å²) < 4.78 is 0. The van der Waals surface area contributed by atoms with Crippen LogP contribution >= 0.6 is 11.3 Å². The Morgan fingerprint density at radius 2 is 1.95 bits per heavy atom. The number of carbonyl (C=O) groups excluding carboxylic acids is 2. The minimum atomic E-state index is -0.459. The molecule has 0 radical (unpaired) electrons. The van der Waals surface area contributed by atoms with Gasteiger partial charge in [-0.15, -0.1) is 11.3 Å². The Bertz CT molecular complexity index is 733. The number of aryl methyl sites for hydroxylation is 3. The number of aromatic nitrogens is 1. The van der Waals surface area contributed by atoms with E-state index >= 15 is 0 Å². The van der Waals surface area contributed by atoms with Crippen molar-refractivity contribution in [3.63, 3.8) is 0 Å². The van der Waals surface area contributed by atoms with E-state index in [1.54, 1.807) is 11.3 Å². The van der Waals surface area contributed by atoms with Crippen LogP contribution in [0.1, 0.15) is 32.2 Å². The number of rotatable bonds is 2. The number of carbonyl (C=O) groups is 2. The SMILES string of the molecule is Cc1cc(C)c2c(c1)N(Cc1csc(C)n1)C(=O)C2=O. The molecule has 0 N–H and O–H groups in total. The van der Waals surface area contributed by atoms with E-state index in [4.69, 9.17) is 0 Å². The zero-order chi connectivity index (χ0) is 14.4. The molecule has 0 atom stereocenters. The van der Waals surface area contributed by atoms with E-state index in [1.165, 1.54) is 4.90 Å². The van der Waals surface area contributed by atoms with Gasteiger partial charge < -0.3 is 0 Å². The smallest absolute Gasteiger partial charge is 0.299 e. The molecule has 3 rings (SSSR count). The van der Waals surface area contributed by atoms with Crippen LogP contribution in [0.3, 0.4) is 0 Å². The molecule has 2 heterocycles. The quantitative estimate of drug-likeness (QED) is 0.798. The fraction of sp³-hybridized carbons (Fsp3) is 0.267. The number of Topliss-reactive ketones (excluding diaryl/α,β-unsaturated/α-hetero) is 1. The van der Waals surface area contributed by atoms with Crippen LogP contribution in [0.2, 0.25) is 0 Å². The van der Waals surface area contributed by atoms with E-state index in [-0.39, 0.29) is 0 Å². The largest absolute Gasteiger partial charge is 0.299 e. The highest BCUT2D eigenvalue weighted by Crippen LogP contribution is 2.33. The number of fused-ring (bicyclic) bond motifs is 1. The van der Waals surface area contributed by atoms with Gasteiger partial charge in [-0.1, -0.05) is 6.07 Å². The lowest BCUT2D eigenvalue weighted by atomic mass is 10.0. The first-order chi connectivity index (χ1) is 9.47. The second kappa shape index (κ2) is 4.52. The number of benzene rings is 1. The van der Waals surface area contributed by atoms with Gasteiger partial charge in [-0.2, -0.15) is 0 Å². The van der Waals surface area contributed by atoms with Crippen LogP contribution in [0.5, 0.6) is 0 Å². The van der Waals surface area contributed by atoms with Gasteiger partial charge >= 0.3 is 0 Å². The maximum atomic E-state index is 12.2. The van der Waals surface area contributed by atoms with Gasteiger partial charge in [0.2, 0.25) is 0 Å². The fourth-order valence-corrected chi connectivity index (χ4v) is 3.20. The number of thiazole rings is 1. The molecule has 102 valence electrons. The summed E-state index contributed by atoms with van der Waals surface area (Å²) in [6.45, 7) is 6.11. The first kappa shape index (κ1) is 13.0. The molecule has 1 aliphatic heterocycles. The predicted molar refractivity (Wildman–Crippen MR) is 78.3 cm³/mol. The summed E-state index contributed by atoms with van der Waals surface area (Å²) in [5.41, 5.74) is 3.97. The van der Waals surface area contributed by atoms with Gasteiger partial charge in [-0.05, 0) is 38.0 Å².